The number of benzene rings is 2. The number of ether oxygens (including phenoxy) is 2. The SMILES string of the molecule is COc1ccc(CS(=O)c2ccc(Cl)cc2N)cc1OC. The van der Waals surface area contributed by atoms with E-state index in [9.17, 15) is 4.21 Å². The summed E-state index contributed by atoms with van der Waals surface area (Å²) >= 11 is 5.85. The van der Waals surface area contributed by atoms with Crippen molar-refractivity contribution in [1.29, 1.82) is 0 Å². The lowest BCUT2D eigenvalue weighted by Crippen LogP contribution is -2.01. The van der Waals surface area contributed by atoms with Gasteiger partial charge < -0.3 is 15.2 Å². The Bertz CT molecular complexity index is 676. The van der Waals surface area contributed by atoms with E-state index in [1.807, 2.05) is 12.1 Å². The molecular formula is C15H16ClNO3S. The number of halogens is 1. The molecule has 2 rings (SSSR count). The molecule has 2 N–H and O–H groups in total. The van der Waals surface area contributed by atoms with Crippen LogP contribution >= 0.6 is 11.6 Å². The van der Waals surface area contributed by atoms with Crippen LogP contribution in [0.15, 0.2) is 41.3 Å². The Morgan fingerprint density at radius 3 is 2.43 bits per heavy atom. The Labute approximate surface area is 131 Å². The van der Waals surface area contributed by atoms with Crippen LogP contribution in [0.1, 0.15) is 5.56 Å². The van der Waals surface area contributed by atoms with Crippen LogP contribution in [0.4, 0.5) is 5.69 Å². The van der Waals surface area contributed by atoms with Crippen LogP contribution in [0.2, 0.25) is 5.02 Å². The molecule has 4 nitrogen and oxygen atoms in total. The highest BCUT2D eigenvalue weighted by molar-refractivity contribution is 7.84. The average Bonchev–Trinajstić information content (AvgIpc) is 2.46. The minimum Gasteiger partial charge on any atom is -0.493 e. The van der Waals surface area contributed by atoms with E-state index in [4.69, 9.17) is 26.8 Å². The molecule has 112 valence electrons. The number of nitrogen functional groups attached to an aromatic ring is 1. The van der Waals surface area contributed by atoms with Crippen molar-refractivity contribution in [2.75, 3.05) is 20.0 Å². The fourth-order valence-electron chi connectivity index (χ4n) is 1.93. The van der Waals surface area contributed by atoms with Crippen molar-refractivity contribution in [2.45, 2.75) is 10.6 Å². The lowest BCUT2D eigenvalue weighted by atomic mass is 10.2. The highest BCUT2D eigenvalue weighted by atomic mass is 35.5. The van der Waals surface area contributed by atoms with Gasteiger partial charge in [0.15, 0.2) is 11.5 Å². The third-order valence-corrected chi connectivity index (χ3v) is 4.66. The second-order valence-electron chi connectivity index (χ2n) is 4.36. The molecule has 0 aliphatic heterocycles. The molecule has 2 aromatic rings. The zero-order valence-corrected chi connectivity index (χ0v) is 13.3. The summed E-state index contributed by atoms with van der Waals surface area (Å²) in [5.74, 6) is 1.58. The predicted octanol–water partition coefficient (Wildman–Crippen LogP) is 3.25. The molecule has 0 saturated carbocycles. The zero-order valence-electron chi connectivity index (χ0n) is 11.8. The van der Waals surface area contributed by atoms with Gasteiger partial charge in [-0.25, -0.2) is 0 Å². The first-order chi connectivity index (χ1) is 10.0. The van der Waals surface area contributed by atoms with Gasteiger partial charge in [-0.15, -0.1) is 0 Å². The maximum absolute atomic E-state index is 12.4. The predicted molar refractivity (Wildman–Crippen MR) is 85.5 cm³/mol. The molecule has 0 heterocycles. The molecule has 0 bridgehead atoms. The molecule has 1 atom stereocenters. The van der Waals surface area contributed by atoms with Crippen LogP contribution in [0, 0.1) is 0 Å². The van der Waals surface area contributed by atoms with Gasteiger partial charge in [0, 0.05) is 10.7 Å². The largest absolute Gasteiger partial charge is 0.493 e. The molecule has 0 amide bonds. The van der Waals surface area contributed by atoms with Crippen LogP contribution in [0.5, 0.6) is 11.5 Å². The standard InChI is InChI=1S/C15H16ClNO3S/c1-19-13-5-3-10(7-14(13)20-2)9-21(18)15-6-4-11(16)8-12(15)17/h3-8H,9,17H2,1-2H3. The normalized spacial score (nSPS) is 12.0. The van der Waals surface area contributed by atoms with Crippen molar-refractivity contribution in [3.63, 3.8) is 0 Å². The highest BCUT2D eigenvalue weighted by Gasteiger charge is 2.11. The van der Waals surface area contributed by atoms with Gasteiger partial charge in [-0.1, -0.05) is 17.7 Å². The van der Waals surface area contributed by atoms with Crippen LogP contribution in [0.3, 0.4) is 0 Å². The average molecular weight is 326 g/mol. The van der Waals surface area contributed by atoms with E-state index in [0.29, 0.717) is 32.9 Å². The van der Waals surface area contributed by atoms with Crippen LogP contribution in [0.25, 0.3) is 0 Å². The van der Waals surface area contributed by atoms with E-state index in [-0.39, 0.29) is 0 Å². The van der Waals surface area contributed by atoms with Gasteiger partial charge in [-0.3, -0.25) is 4.21 Å². The summed E-state index contributed by atoms with van der Waals surface area (Å²) in [6, 6.07) is 10.4. The Morgan fingerprint density at radius 2 is 1.81 bits per heavy atom. The van der Waals surface area contributed by atoms with Gasteiger partial charge in [-0.05, 0) is 35.9 Å². The smallest absolute Gasteiger partial charge is 0.161 e. The van der Waals surface area contributed by atoms with Gasteiger partial charge in [0.25, 0.3) is 0 Å². The Morgan fingerprint density at radius 1 is 1.10 bits per heavy atom. The van der Waals surface area contributed by atoms with E-state index in [2.05, 4.69) is 0 Å². The molecule has 0 spiro atoms. The van der Waals surface area contributed by atoms with Crippen LogP contribution < -0.4 is 15.2 Å². The second kappa shape index (κ2) is 6.83. The van der Waals surface area contributed by atoms with Crippen LogP contribution in [-0.4, -0.2) is 18.4 Å². The summed E-state index contributed by atoms with van der Waals surface area (Å²) in [4.78, 5) is 0.578. The first-order valence-electron chi connectivity index (χ1n) is 6.19. The summed E-state index contributed by atoms with van der Waals surface area (Å²) in [6.07, 6.45) is 0. The Balaban J connectivity index is 2.23. The fraction of sp³-hybridized carbons (Fsp3) is 0.200. The number of anilines is 1. The summed E-state index contributed by atoms with van der Waals surface area (Å²) in [6.45, 7) is 0. The lowest BCUT2D eigenvalue weighted by molar-refractivity contribution is 0.354. The van der Waals surface area contributed by atoms with Crippen LogP contribution in [-0.2, 0) is 16.6 Å². The molecule has 6 heteroatoms. The number of hydrogen-bond donors (Lipinski definition) is 1. The Hall–Kier alpha value is -1.72. The quantitative estimate of drug-likeness (QED) is 0.857. The van der Waals surface area contributed by atoms with E-state index in [1.165, 1.54) is 0 Å². The number of nitrogens with two attached hydrogens (primary N) is 1. The van der Waals surface area contributed by atoms with Gasteiger partial charge >= 0.3 is 0 Å². The first-order valence-corrected chi connectivity index (χ1v) is 7.89. The summed E-state index contributed by atoms with van der Waals surface area (Å²) in [5.41, 5.74) is 7.16. The molecule has 2 aromatic carbocycles. The highest BCUT2D eigenvalue weighted by Crippen LogP contribution is 2.29. The molecule has 0 saturated heterocycles. The lowest BCUT2D eigenvalue weighted by Gasteiger charge is -2.10. The summed E-state index contributed by atoms with van der Waals surface area (Å²) in [7, 11) is 1.89. The molecule has 1 unspecified atom stereocenters. The van der Waals surface area contributed by atoms with Crippen molar-refractivity contribution in [2.24, 2.45) is 0 Å². The maximum Gasteiger partial charge on any atom is 0.161 e. The monoisotopic (exact) mass is 325 g/mol. The van der Waals surface area contributed by atoms with Gasteiger partial charge in [0.2, 0.25) is 0 Å². The van der Waals surface area contributed by atoms with E-state index in [1.54, 1.807) is 38.5 Å². The topological polar surface area (TPSA) is 61.5 Å². The minimum absolute atomic E-state index is 0.339. The van der Waals surface area contributed by atoms with Gasteiger partial charge in [0.1, 0.15) is 0 Å². The van der Waals surface area contributed by atoms with Gasteiger partial charge in [-0.2, -0.15) is 0 Å². The van der Waals surface area contributed by atoms with Crippen molar-refractivity contribution in [3.8, 4) is 11.5 Å². The van der Waals surface area contributed by atoms with Crippen molar-refractivity contribution < 1.29 is 13.7 Å². The minimum atomic E-state index is -1.25. The van der Waals surface area contributed by atoms with Crippen molar-refractivity contribution in [1.82, 2.24) is 0 Å². The van der Waals surface area contributed by atoms with E-state index < -0.39 is 10.8 Å². The molecular weight excluding hydrogens is 310 g/mol. The maximum atomic E-state index is 12.4. The third-order valence-electron chi connectivity index (χ3n) is 2.96. The van der Waals surface area contributed by atoms with Gasteiger partial charge in [0.05, 0.1) is 35.7 Å². The fourth-order valence-corrected chi connectivity index (χ4v) is 3.29. The molecule has 0 aromatic heterocycles. The number of methoxy groups -OCH3 is 2. The molecule has 0 fully saturated rings. The zero-order chi connectivity index (χ0) is 15.4. The summed E-state index contributed by atoms with van der Waals surface area (Å²) < 4.78 is 22.8. The molecule has 0 radical (unpaired) electrons. The first kappa shape index (κ1) is 15.7. The van der Waals surface area contributed by atoms with Crippen molar-refractivity contribution in [3.05, 3.63) is 47.0 Å². The molecule has 21 heavy (non-hydrogen) atoms. The number of hydrogen-bond acceptors (Lipinski definition) is 4. The van der Waals surface area contributed by atoms with E-state index in [0.717, 1.165) is 5.56 Å². The van der Waals surface area contributed by atoms with E-state index >= 15 is 0 Å². The number of rotatable bonds is 5. The molecule has 0 aliphatic rings. The third kappa shape index (κ3) is 3.68. The Kier molecular flexibility index (Phi) is 5.09. The molecule has 0 aliphatic carbocycles. The van der Waals surface area contributed by atoms with Crippen molar-refractivity contribution >= 4 is 28.1 Å². The second-order valence-corrected chi connectivity index (χ2v) is 6.22. The summed E-state index contributed by atoms with van der Waals surface area (Å²) in [5, 5.41) is 0.527.